The van der Waals surface area contributed by atoms with E-state index in [-0.39, 0.29) is 72.7 Å². The van der Waals surface area contributed by atoms with E-state index < -0.39 is 35.8 Å². The van der Waals surface area contributed by atoms with Crippen molar-refractivity contribution in [3.8, 4) is 0 Å². The van der Waals surface area contributed by atoms with Crippen molar-refractivity contribution in [2.45, 2.75) is 449 Å². The molecule has 2 radical (unpaired) electrons. The monoisotopic (exact) mass is 1470 g/mol. The second-order valence-electron chi connectivity index (χ2n) is 30.6. The molecule has 0 atom stereocenters. The fourth-order valence-electron chi connectivity index (χ4n) is 10.3. The van der Waals surface area contributed by atoms with Crippen LogP contribution in [-0.4, -0.2) is 35.8 Å². The van der Waals surface area contributed by atoms with Crippen molar-refractivity contribution in [1.82, 2.24) is 0 Å². The van der Waals surface area contributed by atoms with Gasteiger partial charge in [-0.1, -0.05) is 312 Å². The number of carbonyl (C=O) groups excluding carboxylic acids is 6. The Morgan fingerprint density at radius 2 is 0.327 bits per heavy atom. The molecule has 14 heteroatoms. The number of hydrogen-bond acceptors (Lipinski definition) is 12. The maximum absolute atomic E-state index is 10.2. The number of aliphatic carboxylic acids is 6. The molecule has 98 heavy (non-hydrogen) atoms. The van der Waals surface area contributed by atoms with Gasteiger partial charge in [0, 0.05) is 35.8 Å². The molecule has 0 fully saturated rings. The van der Waals surface area contributed by atoms with Gasteiger partial charge >= 0.3 is 34.1 Å². The number of rotatable bonds is 60. The van der Waals surface area contributed by atoms with Crippen LogP contribution in [0.1, 0.15) is 449 Å². The van der Waals surface area contributed by atoms with Crippen molar-refractivity contribution in [2.75, 3.05) is 0 Å². The minimum absolute atomic E-state index is 0. The van der Waals surface area contributed by atoms with Gasteiger partial charge < -0.3 is 59.4 Å². The summed E-state index contributed by atoms with van der Waals surface area (Å²) in [6.45, 7) is 26.6. The van der Waals surface area contributed by atoms with E-state index >= 15 is 0 Å². The van der Waals surface area contributed by atoms with Crippen molar-refractivity contribution in [1.29, 1.82) is 0 Å². The van der Waals surface area contributed by atoms with Crippen molar-refractivity contribution in [3.05, 3.63) is 36.5 Å². The van der Waals surface area contributed by atoms with Gasteiger partial charge in [-0.3, -0.25) is 0 Å². The van der Waals surface area contributed by atoms with Gasteiger partial charge in [0.15, 0.2) is 0 Å². The van der Waals surface area contributed by atoms with Crippen LogP contribution < -0.4 is 30.6 Å². The standard InChI is InChI=1S/3C18H34O2.3C10H20O2.2Fe/c3*1-2-3-4-5-6-7-8-9-10-11-12-13-14-15-16-17-18(19)20;3*1-10(2,3)8-6-4-5-7-9(11)12;;/h3*9-10H,2-8,11-17H2,1H3,(H,19,20);3*4-8H2,1-3H3,(H,11,12);;/q;;;;;;2*+3/p-6/b3*10-9-;;;;;. The first kappa shape index (κ1) is 111. The van der Waals surface area contributed by atoms with E-state index in [1.54, 1.807) is 0 Å². The maximum Gasteiger partial charge on any atom is 3.00 e. The molecule has 0 bridgehead atoms. The van der Waals surface area contributed by atoms with E-state index in [9.17, 15) is 59.4 Å². The van der Waals surface area contributed by atoms with Gasteiger partial charge in [0.2, 0.25) is 0 Å². The first-order chi connectivity index (χ1) is 45.6. The smallest absolute Gasteiger partial charge is 0.550 e. The number of carboxylic acid groups (broad SMARTS) is 6. The summed E-state index contributed by atoms with van der Waals surface area (Å²) < 4.78 is 0. The summed E-state index contributed by atoms with van der Waals surface area (Å²) in [7, 11) is 0. The van der Waals surface area contributed by atoms with Crippen molar-refractivity contribution < 1.29 is 93.5 Å². The van der Waals surface area contributed by atoms with Gasteiger partial charge in [0.05, 0.1) is 0 Å². The summed E-state index contributed by atoms with van der Waals surface area (Å²) >= 11 is 0. The van der Waals surface area contributed by atoms with Crippen LogP contribution in [0.3, 0.4) is 0 Å². The zero-order chi connectivity index (χ0) is 73.5. The third kappa shape index (κ3) is 140. The van der Waals surface area contributed by atoms with Gasteiger partial charge in [0.1, 0.15) is 0 Å². The summed E-state index contributed by atoms with van der Waals surface area (Å²) in [5.74, 6) is -5.52. The Balaban J connectivity index is -0.000000167. The molecule has 580 valence electrons. The molecule has 0 aromatic rings. The predicted octanol–water partition coefficient (Wildman–Crippen LogP) is 19.5. The van der Waals surface area contributed by atoms with Crippen molar-refractivity contribution in [2.24, 2.45) is 16.2 Å². The maximum atomic E-state index is 10.2. The Morgan fingerprint density at radius 3 is 0.459 bits per heavy atom. The third-order valence-electron chi connectivity index (χ3n) is 16.4. The fraction of sp³-hybridized carbons (Fsp3) is 0.857. The van der Waals surface area contributed by atoms with Crippen LogP contribution in [0.25, 0.3) is 0 Å². The van der Waals surface area contributed by atoms with Gasteiger partial charge in [-0.2, -0.15) is 0 Å². The van der Waals surface area contributed by atoms with Crippen LogP contribution in [0.2, 0.25) is 0 Å². The van der Waals surface area contributed by atoms with Crippen LogP contribution in [0.15, 0.2) is 36.5 Å². The third-order valence-corrected chi connectivity index (χ3v) is 16.4. The second kappa shape index (κ2) is 88.3. The number of allylic oxidation sites excluding steroid dienone is 6. The Morgan fingerprint density at radius 1 is 0.204 bits per heavy atom. The molecule has 0 aromatic carbocycles. The van der Waals surface area contributed by atoms with Crippen LogP contribution in [0.4, 0.5) is 0 Å². The Hall–Kier alpha value is -2.92. The van der Waals surface area contributed by atoms with Crippen LogP contribution in [0.5, 0.6) is 0 Å². The van der Waals surface area contributed by atoms with Gasteiger partial charge in [-0.25, -0.2) is 0 Å². The van der Waals surface area contributed by atoms with E-state index in [1.807, 2.05) is 0 Å². The average Bonchev–Trinajstić information content (AvgIpc) is 3.44. The van der Waals surface area contributed by atoms with Gasteiger partial charge in [0.25, 0.3) is 0 Å². The molecule has 0 saturated carbocycles. The number of carbonyl (C=O) groups is 6. The Bertz CT molecular complexity index is 1560. The summed E-state index contributed by atoms with van der Waals surface area (Å²) in [5.41, 5.74) is 1.13. The van der Waals surface area contributed by atoms with E-state index in [0.717, 1.165) is 116 Å². The van der Waals surface area contributed by atoms with E-state index in [1.165, 1.54) is 212 Å². The topological polar surface area (TPSA) is 241 Å². The summed E-state index contributed by atoms with van der Waals surface area (Å²) in [5, 5.41) is 60.8. The predicted molar refractivity (Wildman–Crippen MR) is 396 cm³/mol. The largest absolute Gasteiger partial charge is 3.00 e. The molecule has 0 aliphatic rings. The Labute approximate surface area is 627 Å². The molecule has 0 aliphatic carbocycles. The zero-order valence-electron chi connectivity index (χ0n) is 65.9. The number of unbranched alkanes of at least 4 members (excludes halogenated alkanes) is 39. The van der Waals surface area contributed by atoms with Crippen molar-refractivity contribution in [3.63, 3.8) is 0 Å². The molecule has 0 amide bonds. The molecular weight excluding hydrogens is 1310 g/mol. The SMILES string of the molecule is CC(C)(C)CCCCCC(=O)[O-].CC(C)(C)CCCCCC(=O)[O-].CC(C)(C)CCCCCC(=O)[O-].CCCCCCCC/C=C\CCCCCCCC(=O)[O-].CCCCCCCC/C=C\CCCCCCCC(=O)[O-].CCCCCCCC/C=C\CCCCCCCC(=O)[O-].[Fe+3].[Fe+3]. The molecule has 0 N–H and O–H groups in total. The normalized spacial score (nSPS) is 11.1. The van der Waals surface area contributed by atoms with E-state index in [0.29, 0.717) is 16.2 Å². The van der Waals surface area contributed by atoms with Gasteiger partial charge in [-0.05, 0) is 190 Å². The molecule has 0 unspecified atom stereocenters. The van der Waals surface area contributed by atoms with Crippen LogP contribution >= 0.6 is 0 Å². The molecule has 0 aliphatic heterocycles. The van der Waals surface area contributed by atoms with Crippen LogP contribution in [-0.2, 0) is 62.9 Å². The molecular formula is C84H156Fe2O12. The second-order valence-corrected chi connectivity index (χ2v) is 30.6. The zero-order valence-corrected chi connectivity index (χ0v) is 68.1. The molecule has 0 saturated heterocycles. The van der Waals surface area contributed by atoms with E-state index in [4.69, 9.17) is 0 Å². The number of carboxylic acids is 6. The fourth-order valence-corrected chi connectivity index (χ4v) is 10.3. The average molecular weight is 1470 g/mol. The molecule has 0 heterocycles. The summed E-state index contributed by atoms with van der Waals surface area (Å²) in [6.07, 6.45) is 75.5. The first-order valence-electron chi connectivity index (χ1n) is 39.7. The summed E-state index contributed by atoms with van der Waals surface area (Å²) in [6, 6.07) is 0. The molecule has 0 spiro atoms. The van der Waals surface area contributed by atoms with E-state index in [2.05, 4.69) is 120 Å². The summed E-state index contributed by atoms with van der Waals surface area (Å²) in [4.78, 5) is 60.8. The first-order valence-corrected chi connectivity index (χ1v) is 39.7. The van der Waals surface area contributed by atoms with Crippen LogP contribution in [0, 0.1) is 16.2 Å². The minimum Gasteiger partial charge on any atom is -0.550 e. The quantitative estimate of drug-likeness (QED) is 0.0314. The van der Waals surface area contributed by atoms with Crippen molar-refractivity contribution >= 4 is 35.8 Å². The minimum atomic E-state index is -0.925. The molecule has 0 aromatic heterocycles. The number of hydrogen-bond donors (Lipinski definition) is 0. The van der Waals surface area contributed by atoms with Gasteiger partial charge in [-0.15, -0.1) is 0 Å². The molecule has 0 rings (SSSR count). The molecule has 12 nitrogen and oxygen atoms in total. The Kier molecular flexibility index (Phi) is 100.0.